The summed E-state index contributed by atoms with van der Waals surface area (Å²) in [7, 11) is 0. The van der Waals surface area contributed by atoms with E-state index >= 15 is 0 Å². The van der Waals surface area contributed by atoms with Gasteiger partial charge in [0.2, 0.25) is 0 Å². The SMILES string of the molecule is c1ccc(-c2ccc3ccc4c(-c5ccc6sc7ccccc7c6c5)ccc5ccc2c3c54)cc1. The largest absolute Gasteiger partial charge is 0.135 e. The molecule has 0 atom stereocenters. The molecule has 0 saturated carbocycles. The first-order chi connectivity index (χ1) is 17.3. The summed E-state index contributed by atoms with van der Waals surface area (Å²) in [4.78, 5) is 0. The highest BCUT2D eigenvalue weighted by atomic mass is 32.1. The van der Waals surface area contributed by atoms with E-state index in [1.165, 1.54) is 74.7 Å². The van der Waals surface area contributed by atoms with Gasteiger partial charge >= 0.3 is 0 Å². The van der Waals surface area contributed by atoms with E-state index in [1.54, 1.807) is 0 Å². The summed E-state index contributed by atoms with van der Waals surface area (Å²) >= 11 is 1.87. The fraction of sp³-hybridized carbons (Fsp3) is 0. The number of thiophene rings is 1. The average Bonchev–Trinajstić information content (AvgIpc) is 3.30. The van der Waals surface area contributed by atoms with Gasteiger partial charge in [0.25, 0.3) is 0 Å². The average molecular weight is 461 g/mol. The van der Waals surface area contributed by atoms with Gasteiger partial charge in [0, 0.05) is 20.2 Å². The molecule has 0 unspecified atom stereocenters. The third-order valence-electron chi connectivity index (χ3n) is 7.44. The molecule has 0 aliphatic rings. The maximum atomic E-state index is 2.38. The molecule has 0 bridgehead atoms. The fourth-order valence-electron chi connectivity index (χ4n) is 5.82. The first kappa shape index (κ1) is 19.1. The van der Waals surface area contributed by atoms with Crippen LogP contribution in [-0.4, -0.2) is 0 Å². The lowest BCUT2D eigenvalue weighted by Crippen LogP contribution is -1.89. The summed E-state index contributed by atoms with van der Waals surface area (Å²) in [5.41, 5.74) is 5.14. The molecule has 8 aromatic rings. The Morgan fingerprint density at radius 3 is 1.71 bits per heavy atom. The van der Waals surface area contributed by atoms with E-state index in [0.29, 0.717) is 0 Å². The van der Waals surface area contributed by atoms with Gasteiger partial charge in [0.15, 0.2) is 0 Å². The summed E-state index contributed by atoms with van der Waals surface area (Å²) in [6, 6.07) is 44.8. The first-order valence-electron chi connectivity index (χ1n) is 12.0. The molecule has 162 valence electrons. The van der Waals surface area contributed by atoms with Gasteiger partial charge in [-0.25, -0.2) is 0 Å². The van der Waals surface area contributed by atoms with Gasteiger partial charge in [0.1, 0.15) is 0 Å². The zero-order valence-electron chi connectivity index (χ0n) is 19.0. The smallest absolute Gasteiger partial charge is 0.0355 e. The molecule has 8 rings (SSSR count). The minimum atomic E-state index is 1.26. The van der Waals surface area contributed by atoms with E-state index in [4.69, 9.17) is 0 Å². The van der Waals surface area contributed by atoms with Crippen LogP contribution in [0.3, 0.4) is 0 Å². The molecule has 1 aromatic heterocycles. The lowest BCUT2D eigenvalue weighted by molar-refractivity contribution is 1.66. The zero-order valence-corrected chi connectivity index (χ0v) is 19.8. The molecule has 0 fully saturated rings. The molecular formula is C34H20S. The van der Waals surface area contributed by atoms with Crippen LogP contribution in [0.5, 0.6) is 0 Å². The van der Waals surface area contributed by atoms with Gasteiger partial charge in [-0.1, -0.05) is 103 Å². The second kappa shape index (κ2) is 7.15. The normalized spacial score (nSPS) is 12.0. The molecule has 0 aliphatic heterocycles. The Morgan fingerprint density at radius 1 is 0.371 bits per heavy atom. The minimum absolute atomic E-state index is 1.26. The van der Waals surface area contributed by atoms with Crippen LogP contribution in [0.1, 0.15) is 0 Å². The molecule has 0 aliphatic carbocycles. The Balaban J connectivity index is 1.44. The van der Waals surface area contributed by atoms with E-state index in [1.807, 2.05) is 11.3 Å². The molecular weight excluding hydrogens is 440 g/mol. The third kappa shape index (κ3) is 2.73. The number of fused-ring (bicyclic) bond motifs is 3. The van der Waals surface area contributed by atoms with Crippen LogP contribution in [0.25, 0.3) is 74.7 Å². The van der Waals surface area contributed by atoms with Crippen molar-refractivity contribution in [2.75, 3.05) is 0 Å². The van der Waals surface area contributed by atoms with Crippen LogP contribution in [0, 0.1) is 0 Å². The van der Waals surface area contributed by atoms with Gasteiger partial charge in [-0.15, -0.1) is 11.3 Å². The lowest BCUT2D eigenvalue weighted by Gasteiger charge is -2.16. The molecule has 0 N–H and O–H groups in total. The zero-order chi connectivity index (χ0) is 22.9. The van der Waals surface area contributed by atoms with Crippen LogP contribution in [0.2, 0.25) is 0 Å². The summed E-state index contributed by atoms with van der Waals surface area (Å²) in [5, 5.41) is 10.7. The standard InChI is InChI=1S/C34H20S/c1-2-6-21(7-3-1)25-15-10-22-13-18-29-26(16-11-23-12-17-28(25)33(22)34(23)29)24-14-19-32-30(20-24)27-8-4-5-9-31(27)35-32/h1-20H. The maximum Gasteiger partial charge on any atom is 0.0355 e. The number of hydrogen-bond donors (Lipinski definition) is 0. The monoisotopic (exact) mass is 460 g/mol. The fourth-order valence-corrected chi connectivity index (χ4v) is 6.90. The van der Waals surface area contributed by atoms with Crippen molar-refractivity contribution >= 4 is 63.8 Å². The van der Waals surface area contributed by atoms with Crippen molar-refractivity contribution < 1.29 is 0 Å². The summed E-state index contributed by atoms with van der Waals surface area (Å²) in [6.45, 7) is 0. The molecule has 0 spiro atoms. The highest BCUT2D eigenvalue weighted by molar-refractivity contribution is 7.25. The molecule has 0 radical (unpaired) electrons. The molecule has 1 heteroatoms. The number of rotatable bonds is 2. The van der Waals surface area contributed by atoms with E-state index in [2.05, 4.69) is 121 Å². The van der Waals surface area contributed by atoms with Crippen molar-refractivity contribution in [3.8, 4) is 22.3 Å². The van der Waals surface area contributed by atoms with Crippen molar-refractivity contribution in [1.29, 1.82) is 0 Å². The Bertz CT molecular complexity index is 2040. The topological polar surface area (TPSA) is 0 Å². The van der Waals surface area contributed by atoms with Crippen molar-refractivity contribution in [2.24, 2.45) is 0 Å². The van der Waals surface area contributed by atoms with E-state index in [-0.39, 0.29) is 0 Å². The molecule has 7 aromatic carbocycles. The van der Waals surface area contributed by atoms with Crippen LogP contribution in [-0.2, 0) is 0 Å². The second-order valence-corrected chi connectivity index (χ2v) is 10.4. The summed E-state index contributed by atoms with van der Waals surface area (Å²) in [6.07, 6.45) is 0. The molecule has 1 heterocycles. The lowest BCUT2D eigenvalue weighted by atomic mass is 9.87. The van der Waals surface area contributed by atoms with Crippen LogP contribution >= 0.6 is 11.3 Å². The van der Waals surface area contributed by atoms with Gasteiger partial charge in [-0.05, 0) is 72.8 Å². The molecule has 0 saturated heterocycles. The van der Waals surface area contributed by atoms with Crippen molar-refractivity contribution in [1.82, 2.24) is 0 Å². The quantitative estimate of drug-likeness (QED) is 0.225. The van der Waals surface area contributed by atoms with E-state index in [9.17, 15) is 0 Å². The molecule has 0 amide bonds. The molecule has 35 heavy (non-hydrogen) atoms. The third-order valence-corrected chi connectivity index (χ3v) is 8.59. The Morgan fingerprint density at radius 2 is 0.971 bits per heavy atom. The van der Waals surface area contributed by atoms with E-state index in [0.717, 1.165) is 0 Å². The van der Waals surface area contributed by atoms with Crippen molar-refractivity contribution in [2.45, 2.75) is 0 Å². The number of benzene rings is 7. The van der Waals surface area contributed by atoms with E-state index < -0.39 is 0 Å². The minimum Gasteiger partial charge on any atom is -0.135 e. The van der Waals surface area contributed by atoms with Crippen LogP contribution in [0.4, 0.5) is 0 Å². The predicted molar refractivity (Wildman–Crippen MR) is 154 cm³/mol. The van der Waals surface area contributed by atoms with Crippen LogP contribution < -0.4 is 0 Å². The van der Waals surface area contributed by atoms with Gasteiger partial charge in [-0.2, -0.15) is 0 Å². The van der Waals surface area contributed by atoms with Gasteiger partial charge in [0.05, 0.1) is 0 Å². The van der Waals surface area contributed by atoms with Gasteiger partial charge < -0.3 is 0 Å². The summed E-state index contributed by atoms with van der Waals surface area (Å²) in [5.74, 6) is 0. The number of hydrogen-bond acceptors (Lipinski definition) is 1. The Labute approximate surface area is 207 Å². The predicted octanol–water partition coefficient (Wildman–Crippen LogP) is 10.3. The summed E-state index contributed by atoms with van der Waals surface area (Å²) < 4.78 is 2.70. The van der Waals surface area contributed by atoms with Gasteiger partial charge in [-0.3, -0.25) is 0 Å². The Hall–Kier alpha value is -4.20. The highest BCUT2D eigenvalue weighted by Gasteiger charge is 2.15. The second-order valence-electron chi connectivity index (χ2n) is 9.32. The van der Waals surface area contributed by atoms with Crippen molar-refractivity contribution in [3.05, 3.63) is 121 Å². The van der Waals surface area contributed by atoms with Crippen LogP contribution in [0.15, 0.2) is 121 Å². The Kier molecular flexibility index (Phi) is 3.91. The maximum absolute atomic E-state index is 2.38. The molecule has 0 nitrogen and oxygen atoms in total. The highest BCUT2D eigenvalue weighted by Crippen LogP contribution is 2.43. The first-order valence-corrected chi connectivity index (χ1v) is 12.8. The van der Waals surface area contributed by atoms with Crippen molar-refractivity contribution in [3.63, 3.8) is 0 Å².